The third-order valence-corrected chi connectivity index (χ3v) is 13.5. The van der Waals surface area contributed by atoms with Crippen molar-refractivity contribution in [3.63, 3.8) is 0 Å². The maximum atomic E-state index is 12.8. The Morgan fingerprint density at radius 2 is 1.84 bits per heavy atom. The van der Waals surface area contributed by atoms with Crippen molar-refractivity contribution in [2.45, 2.75) is 96.2 Å². The lowest BCUT2D eigenvalue weighted by Crippen LogP contribution is -2.34. The number of aromatic nitrogens is 2. The first kappa shape index (κ1) is 55.1. The molecule has 24 heteroatoms. The molecular formula is C52H66N11O12P. The van der Waals surface area contributed by atoms with Crippen molar-refractivity contribution in [2.75, 3.05) is 65.2 Å². The molecule has 1 aromatic heterocycles. The molecule has 3 aliphatic heterocycles. The number of rotatable bonds is 26. The Balaban J connectivity index is 0.00000320. The lowest BCUT2D eigenvalue weighted by atomic mass is 9.90. The maximum Gasteiger partial charge on any atom is 0.330 e. The van der Waals surface area contributed by atoms with Crippen LogP contribution in [0.4, 0.5) is 34.1 Å². The lowest BCUT2D eigenvalue weighted by molar-refractivity contribution is -0.384. The van der Waals surface area contributed by atoms with E-state index < -0.39 is 43.0 Å². The zero-order valence-corrected chi connectivity index (χ0v) is 43.8. The van der Waals surface area contributed by atoms with Crippen molar-refractivity contribution in [3.8, 4) is 17.6 Å². The average Bonchev–Trinajstić information content (AvgIpc) is 3.89. The number of aryl methyl sites for hydroxylation is 1. The van der Waals surface area contributed by atoms with Crippen LogP contribution < -0.4 is 36.3 Å². The Kier molecular flexibility index (Phi) is 21.2. The number of hydrogen-bond acceptors (Lipinski definition) is 19. The summed E-state index contributed by atoms with van der Waals surface area (Å²) in [5.41, 5.74) is 4.99. The minimum atomic E-state index is -1.33. The summed E-state index contributed by atoms with van der Waals surface area (Å²) in [7, 11) is 1.44. The highest BCUT2D eigenvalue weighted by atomic mass is 31.2. The zero-order valence-electron chi connectivity index (χ0n) is 44.9. The van der Waals surface area contributed by atoms with Gasteiger partial charge in [0.2, 0.25) is 7.34 Å². The fourth-order valence-electron chi connectivity index (χ4n) is 8.73. The number of benzene rings is 3. The van der Waals surface area contributed by atoms with Gasteiger partial charge in [-0.1, -0.05) is 6.58 Å². The summed E-state index contributed by atoms with van der Waals surface area (Å²) in [5.74, 6) is 0.924. The standard InChI is InChI=1S/C51H62N11O11P.CH4O/c1-33(14-15-36-31-61(51(66)55-50(36)65)47-30-44(34(2)72-47)73-74(4)71-26-10-20-52)53-21-22-54-46(64)13-6-5-7-25-70-49-40-12-9-24-60-23-8-11-35(48(40)60)27-43(49)59-57-41-29-45(69-3)42(28-37(41)32-63)58-56-38-16-18-39(19-17-38)62(67)68;1-2/h14-19,27-29,31,34,44,47,53,63H,1,5-13,21-26,30,32H2,2-4H3,(H,54,64)(H,55,65,66);2H,1H3/b15-14+,58-56?,59-57?;/t34-,44?,47-,74?;/m1./s1/i2D;2T. The molecule has 2 unspecified atom stereocenters. The first-order chi connectivity index (χ1) is 37.8. The summed E-state index contributed by atoms with van der Waals surface area (Å²) in [4.78, 5) is 53.6. The summed E-state index contributed by atoms with van der Waals surface area (Å²) in [6, 6.07) is 12.9. The van der Waals surface area contributed by atoms with E-state index in [9.17, 15) is 29.6 Å². The molecule has 1 amide bonds. The maximum absolute atomic E-state index is 12.8. The van der Waals surface area contributed by atoms with E-state index in [1.807, 2.05) is 12.1 Å². The number of nitrogens with one attached hydrogen (secondary N) is 3. The first-order valence-electron chi connectivity index (χ1n) is 26.0. The van der Waals surface area contributed by atoms with E-state index >= 15 is 0 Å². The van der Waals surface area contributed by atoms with Gasteiger partial charge in [0.05, 0.1) is 73.5 Å². The monoisotopic (exact) mass is 1070 g/mol. The van der Waals surface area contributed by atoms with Gasteiger partial charge < -0.3 is 49.0 Å². The summed E-state index contributed by atoms with van der Waals surface area (Å²) in [6.45, 7) is 8.58. The minimum absolute atomic E-state index is 0.0643. The third kappa shape index (κ3) is 15.9. The molecule has 3 aromatic carbocycles. The number of allylic oxidation sites excluding steroid dienone is 1. The van der Waals surface area contributed by atoms with Crippen LogP contribution in [0.3, 0.4) is 0 Å². The first-order valence-corrected chi connectivity index (χ1v) is 26.5. The van der Waals surface area contributed by atoms with Crippen LogP contribution in [0, 0.1) is 21.4 Å². The number of carbonyl (C=O) groups is 1. The molecule has 23 nitrogen and oxygen atoms in total. The SMILES string of the molecule is [2H]C[C@H]1O[C@@H](n2cc(/C=C/C(=C)NCCNC(=O)CCCCCOc3c(N=Nc4cc(OC)c(N=Nc5ccc([N+](=O)[O-])cc5)cc4CO)cc4c5c3CCCN5CCC4)c(=O)[nH]c2=O)CC1OP(C)OCCC#N.[3H]OC. The van der Waals surface area contributed by atoms with Gasteiger partial charge in [0, 0.05) is 101 Å². The highest BCUT2D eigenvalue weighted by Crippen LogP contribution is 2.47. The van der Waals surface area contributed by atoms with Crippen LogP contribution in [0.2, 0.25) is 0 Å². The van der Waals surface area contributed by atoms with Gasteiger partial charge in [-0.25, -0.2) is 4.79 Å². The smallest absolute Gasteiger partial charge is 0.330 e. The van der Waals surface area contributed by atoms with Crippen molar-refractivity contribution >= 4 is 54.5 Å². The number of carbonyl (C=O) groups excluding carboxylic acids is 1. The molecule has 4 atom stereocenters. The predicted octanol–water partition coefficient (Wildman–Crippen LogP) is 8.52. The van der Waals surface area contributed by atoms with E-state index in [0.717, 1.165) is 50.8 Å². The Hall–Kier alpha value is -7.19. The molecular weight excluding hydrogens is 1000 g/mol. The molecule has 5 N–H and O–H groups in total. The Morgan fingerprint density at radius 1 is 1.09 bits per heavy atom. The number of amides is 1. The van der Waals surface area contributed by atoms with E-state index in [-0.39, 0.29) is 50.1 Å². The summed E-state index contributed by atoms with van der Waals surface area (Å²) in [6.07, 6.45) is 9.27. The number of methoxy groups -OCH3 is 1. The number of hydrogen-bond donors (Lipinski definition) is 5. The Labute approximate surface area is 444 Å². The van der Waals surface area contributed by atoms with E-state index in [0.29, 0.717) is 84.5 Å². The highest BCUT2D eigenvalue weighted by Gasteiger charge is 2.36. The zero-order chi connectivity index (χ0) is 56.0. The number of unbranched alkanes of at least 4 members (excludes halogenated alkanes) is 2. The highest BCUT2D eigenvalue weighted by molar-refractivity contribution is 7.46. The van der Waals surface area contributed by atoms with Crippen molar-refractivity contribution in [1.82, 2.24) is 20.2 Å². The van der Waals surface area contributed by atoms with Crippen LogP contribution in [0.1, 0.15) is 88.1 Å². The third-order valence-electron chi connectivity index (χ3n) is 12.4. The Morgan fingerprint density at radius 3 is 2.58 bits per heavy atom. The molecule has 4 aromatic rings. The fourth-order valence-corrected chi connectivity index (χ4v) is 9.75. The lowest BCUT2D eigenvalue weighted by Gasteiger charge is -2.37. The number of nitriles is 1. The molecule has 0 spiro atoms. The van der Waals surface area contributed by atoms with Gasteiger partial charge >= 0.3 is 5.69 Å². The molecule has 0 aliphatic carbocycles. The fraction of sp³-hybridized carbons (Fsp3) is 0.462. The molecule has 0 radical (unpaired) electrons. The van der Waals surface area contributed by atoms with Crippen molar-refractivity contribution < 1.29 is 44.6 Å². The number of ether oxygens (including phenoxy) is 3. The van der Waals surface area contributed by atoms with Crippen LogP contribution in [0.25, 0.3) is 6.08 Å². The van der Waals surface area contributed by atoms with Crippen LogP contribution >= 0.6 is 8.38 Å². The van der Waals surface area contributed by atoms with Gasteiger partial charge in [-0.05, 0) is 93.8 Å². The second-order valence-corrected chi connectivity index (χ2v) is 19.0. The van der Waals surface area contributed by atoms with Crippen molar-refractivity contribution in [1.29, 1.82) is 6.69 Å². The normalized spacial score (nSPS) is 17.6. The van der Waals surface area contributed by atoms with Crippen LogP contribution in [0.15, 0.2) is 97.1 Å². The predicted molar refractivity (Wildman–Crippen MR) is 286 cm³/mol. The average molecular weight is 1070 g/mol. The molecule has 4 heterocycles. The quantitative estimate of drug-likeness (QED) is 0.00983. The minimum Gasteiger partial charge on any atom is -0.494 e. The van der Waals surface area contributed by atoms with E-state index in [2.05, 4.69) is 47.5 Å². The molecule has 1 fully saturated rings. The van der Waals surface area contributed by atoms with E-state index in [1.54, 1.807) is 24.9 Å². The topological polar surface area (TPSA) is 302 Å². The number of aliphatic hydroxyl groups is 2. The van der Waals surface area contributed by atoms with Gasteiger partial charge in [0.25, 0.3) is 11.2 Å². The number of aromatic amines is 1. The van der Waals surface area contributed by atoms with Crippen LogP contribution in [-0.2, 0) is 38.0 Å². The number of aliphatic hydroxyl groups excluding tert-OH is 2. The number of azo groups is 2. The van der Waals surface area contributed by atoms with Crippen molar-refractivity contribution in [2.24, 2.45) is 20.5 Å². The molecule has 0 saturated carbocycles. The Bertz CT molecular complexity index is 2950. The van der Waals surface area contributed by atoms with Gasteiger partial charge in [0.1, 0.15) is 23.4 Å². The van der Waals surface area contributed by atoms with Gasteiger partial charge in [-0.15, -0.1) is 15.3 Å². The summed E-state index contributed by atoms with van der Waals surface area (Å²) in [5, 5.41) is 57.5. The van der Waals surface area contributed by atoms with Crippen LogP contribution in [0.5, 0.6) is 11.5 Å². The molecule has 1 saturated heterocycles. The number of nitro benzene ring substituents is 1. The summed E-state index contributed by atoms with van der Waals surface area (Å²) < 4.78 is 44.5. The number of nitrogens with zero attached hydrogens (tertiary/aromatic N) is 8. The number of H-pyrrole nitrogens is 1. The summed E-state index contributed by atoms with van der Waals surface area (Å²) >= 11 is 0. The molecule has 406 valence electrons. The van der Waals surface area contributed by atoms with Gasteiger partial charge in [-0.3, -0.25) is 29.3 Å². The van der Waals surface area contributed by atoms with Gasteiger partial charge in [0.15, 0.2) is 14.1 Å². The molecule has 7 rings (SSSR count). The van der Waals surface area contributed by atoms with E-state index in [4.69, 9.17) is 36.4 Å². The van der Waals surface area contributed by atoms with Crippen molar-refractivity contribution in [3.05, 3.63) is 120 Å². The number of non-ortho nitro benzene ring substituents is 1. The molecule has 0 bridgehead atoms. The van der Waals surface area contributed by atoms with Crippen LogP contribution in [-0.4, -0.2) is 105 Å². The second-order valence-electron chi connectivity index (χ2n) is 17.6. The number of nitro groups is 1. The molecule has 3 aliphatic rings. The number of anilines is 1. The largest absolute Gasteiger partial charge is 0.494 e. The van der Waals surface area contributed by atoms with Gasteiger partial charge in [-0.2, -0.15) is 10.4 Å². The second kappa shape index (κ2) is 29.2. The van der Waals surface area contributed by atoms with E-state index in [1.165, 1.54) is 66.6 Å². The molecule has 76 heavy (non-hydrogen) atoms.